The third-order valence-corrected chi connectivity index (χ3v) is 7.83. The van der Waals surface area contributed by atoms with E-state index in [1.165, 1.54) is 50.5 Å². The summed E-state index contributed by atoms with van der Waals surface area (Å²) in [7, 11) is 0. The van der Waals surface area contributed by atoms with Crippen molar-refractivity contribution in [2.24, 2.45) is 23.2 Å². The van der Waals surface area contributed by atoms with Crippen LogP contribution in [0.15, 0.2) is 24.3 Å². The lowest BCUT2D eigenvalue weighted by molar-refractivity contribution is -0.0564. The van der Waals surface area contributed by atoms with Crippen LogP contribution in [0.25, 0.3) is 0 Å². The average molecular weight is 383 g/mol. The highest BCUT2D eigenvalue weighted by molar-refractivity contribution is 5.94. The molecule has 1 amide bonds. The van der Waals surface area contributed by atoms with E-state index in [2.05, 4.69) is 22.3 Å². The molecule has 1 saturated heterocycles. The second-order valence-electron chi connectivity index (χ2n) is 10.0. The average Bonchev–Trinajstić information content (AvgIpc) is 2.68. The highest BCUT2D eigenvalue weighted by atomic mass is 16.5. The zero-order valence-electron chi connectivity index (χ0n) is 17.0. The number of nitrogens with zero attached hydrogens (tertiary/aromatic N) is 1. The number of hydrogen-bond acceptors (Lipinski definition) is 3. The van der Waals surface area contributed by atoms with Crippen molar-refractivity contribution in [3.05, 3.63) is 35.4 Å². The van der Waals surface area contributed by atoms with Crippen LogP contribution in [0.2, 0.25) is 0 Å². The molecule has 0 unspecified atom stereocenters. The standard InChI is InChI=1S/C24H34N2O2/c27-23(22-3-1-18(2-4-22)17-26-7-9-28-10-8-26)25-6-5-24-14-19-11-20(15-24)13-21(12-19)16-24/h1-4,19-21H,5-17H2,(H,25,27). The summed E-state index contributed by atoms with van der Waals surface area (Å²) in [5.74, 6) is 3.05. The summed E-state index contributed by atoms with van der Waals surface area (Å²) in [6.45, 7) is 5.41. The van der Waals surface area contributed by atoms with Gasteiger partial charge in [0.05, 0.1) is 13.2 Å². The molecule has 6 rings (SSSR count). The number of morpholine rings is 1. The number of ether oxygens (including phenoxy) is 1. The van der Waals surface area contributed by atoms with Gasteiger partial charge in [0, 0.05) is 31.7 Å². The highest BCUT2D eigenvalue weighted by Crippen LogP contribution is 2.61. The molecule has 28 heavy (non-hydrogen) atoms. The Bertz CT molecular complexity index is 658. The maximum Gasteiger partial charge on any atom is 0.251 e. The molecule has 0 atom stereocenters. The van der Waals surface area contributed by atoms with Crippen molar-refractivity contribution in [3.63, 3.8) is 0 Å². The molecule has 1 aromatic carbocycles. The molecule has 4 aliphatic carbocycles. The first-order valence-corrected chi connectivity index (χ1v) is 11.3. The van der Waals surface area contributed by atoms with Crippen molar-refractivity contribution in [2.75, 3.05) is 32.8 Å². The van der Waals surface area contributed by atoms with E-state index in [-0.39, 0.29) is 5.91 Å². The summed E-state index contributed by atoms with van der Waals surface area (Å²) in [5.41, 5.74) is 2.60. The van der Waals surface area contributed by atoms with Gasteiger partial charge in [-0.2, -0.15) is 0 Å². The zero-order chi connectivity index (χ0) is 19.0. The number of carbonyl (C=O) groups excluding carboxylic acids is 1. The topological polar surface area (TPSA) is 41.6 Å². The summed E-state index contributed by atoms with van der Waals surface area (Å²) < 4.78 is 5.41. The van der Waals surface area contributed by atoms with Crippen LogP contribution in [0.4, 0.5) is 0 Å². The van der Waals surface area contributed by atoms with Gasteiger partial charge in [0.2, 0.25) is 0 Å². The Morgan fingerprint density at radius 2 is 1.61 bits per heavy atom. The fourth-order valence-corrected chi connectivity index (χ4v) is 6.92. The predicted octanol–water partition coefficient (Wildman–Crippen LogP) is 3.86. The maximum absolute atomic E-state index is 12.6. The molecule has 0 radical (unpaired) electrons. The first-order valence-electron chi connectivity index (χ1n) is 11.3. The van der Waals surface area contributed by atoms with Crippen LogP contribution in [-0.2, 0) is 11.3 Å². The SMILES string of the molecule is O=C(NCCC12CC3CC(CC(C3)C1)C2)c1ccc(CN2CCOCC2)cc1. The molecule has 152 valence electrons. The minimum Gasteiger partial charge on any atom is -0.379 e. The van der Waals surface area contributed by atoms with Crippen molar-refractivity contribution in [2.45, 2.75) is 51.5 Å². The van der Waals surface area contributed by atoms with Crippen molar-refractivity contribution < 1.29 is 9.53 Å². The molecule has 4 nitrogen and oxygen atoms in total. The normalized spacial score (nSPS) is 34.5. The number of hydrogen-bond donors (Lipinski definition) is 1. The Morgan fingerprint density at radius 3 is 2.21 bits per heavy atom. The largest absolute Gasteiger partial charge is 0.379 e. The number of amides is 1. The lowest BCUT2D eigenvalue weighted by atomic mass is 9.49. The summed E-state index contributed by atoms with van der Waals surface area (Å²) >= 11 is 0. The number of rotatable bonds is 6. The van der Waals surface area contributed by atoms with E-state index in [1.807, 2.05) is 12.1 Å². The smallest absolute Gasteiger partial charge is 0.251 e. The van der Waals surface area contributed by atoms with E-state index in [0.29, 0.717) is 5.41 Å². The molecule has 1 aromatic rings. The van der Waals surface area contributed by atoms with Gasteiger partial charge >= 0.3 is 0 Å². The molecule has 0 spiro atoms. The van der Waals surface area contributed by atoms with Gasteiger partial charge in [-0.1, -0.05) is 12.1 Å². The van der Waals surface area contributed by atoms with Crippen LogP contribution in [0.3, 0.4) is 0 Å². The molecule has 0 aromatic heterocycles. The lowest BCUT2D eigenvalue weighted by Gasteiger charge is -2.57. The first kappa shape index (κ1) is 18.6. The summed E-state index contributed by atoms with van der Waals surface area (Å²) in [4.78, 5) is 15.0. The van der Waals surface area contributed by atoms with Crippen molar-refractivity contribution >= 4 is 5.91 Å². The lowest BCUT2D eigenvalue weighted by Crippen LogP contribution is -2.47. The van der Waals surface area contributed by atoms with Gasteiger partial charge in [-0.3, -0.25) is 9.69 Å². The third kappa shape index (κ3) is 3.99. The van der Waals surface area contributed by atoms with E-state index < -0.39 is 0 Å². The maximum atomic E-state index is 12.6. The van der Waals surface area contributed by atoms with Gasteiger partial charge in [-0.25, -0.2) is 0 Å². The van der Waals surface area contributed by atoms with E-state index in [4.69, 9.17) is 4.74 Å². The van der Waals surface area contributed by atoms with Gasteiger partial charge in [-0.05, 0) is 85.8 Å². The second kappa shape index (κ2) is 7.79. The fraction of sp³-hybridized carbons (Fsp3) is 0.708. The highest BCUT2D eigenvalue weighted by Gasteiger charge is 2.50. The molecule has 5 fully saturated rings. The monoisotopic (exact) mass is 382 g/mol. The summed E-state index contributed by atoms with van der Waals surface area (Å²) in [5, 5.41) is 3.21. The second-order valence-corrected chi connectivity index (χ2v) is 10.0. The first-order chi connectivity index (χ1) is 13.7. The number of nitrogens with one attached hydrogen (secondary N) is 1. The number of benzene rings is 1. The predicted molar refractivity (Wildman–Crippen MR) is 110 cm³/mol. The van der Waals surface area contributed by atoms with Crippen LogP contribution >= 0.6 is 0 Å². The molecule has 4 heteroatoms. The Balaban J connectivity index is 1.11. The zero-order valence-corrected chi connectivity index (χ0v) is 17.0. The molecular formula is C24H34N2O2. The van der Waals surface area contributed by atoms with Crippen molar-refractivity contribution in [1.82, 2.24) is 10.2 Å². The fourth-order valence-electron chi connectivity index (χ4n) is 6.92. The number of carbonyl (C=O) groups is 1. The van der Waals surface area contributed by atoms with Crippen molar-refractivity contribution in [1.29, 1.82) is 0 Å². The minimum atomic E-state index is 0.0858. The Morgan fingerprint density at radius 1 is 1.00 bits per heavy atom. The molecule has 4 saturated carbocycles. The molecule has 1 aliphatic heterocycles. The summed E-state index contributed by atoms with van der Waals surface area (Å²) in [6, 6.07) is 8.17. The third-order valence-electron chi connectivity index (χ3n) is 7.83. The molecule has 5 aliphatic rings. The molecular weight excluding hydrogens is 348 g/mol. The van der Waals surface area contributed by atoms with Crippen LogP contribution in [0.5, 0.6) is 0 Å². The van der Waals surface area contributed by atoms with Crippen LogP contribution in [-0.4, -0.2) is 43.7 Å². The van der Waals surface area contributed by atoms with Crippen LogP contribution < -0.4 is 5.32 Å². The van der Waals surface area contributed by atoms with E-state index in [1.54, 1.807) is 0 Å². The van der Waals surface area contributed by atoms with E-state index in [9.17, 15) is 4.79 Å². The van der Waals surface area contributed by atoms with Gasteiger partial charge in [0.25, 0.3) is 5.91 Å². The molecule has 1 heterocycles. The van der Waals surface area contributed by atoms with Gasteiger partial charge in [0.1, 0.15) is 0 Å². The van der Waals surface area contributed by atoms with Crippen molar-refractivity contribution in [3.8, 4) is 0 Å². The van der Waals surface area contributed by atoms with E-state index >= 15 is 0 Å². The Hall–Kier alpha value is -1.39. The van der Waals surface area contributed by atoms with Gasteiger partial charge < -0.3 is 10.1 Å². The minimum absolute atomic E-state index is 0.0858. The Labute approximate surface area is 169 Å². The van der Waals surface area contributed by atoms with Gasteiger partial charge in [0.15, 0.2) is 0 Å². The van der Waals surface area contributed by atoms with Crippen LogP contribution in [0.1, 0.15) is 60.9 Å². The summed E-state index contributed by atoms with van der Waals surface area (Å²) in [6.07, 6.45) is 9.91. The Kier molecular flexibility index (Phi) is 5.18. The van der Waals surface area contributed by atoms with E-state index in [0.717, 1.165) is 62.7 Å². The quantitative estimate of drug-likeness (QED) is 0.812. The molecule has 1 N–H and O–H groups in total. The molecule has 4 bridgehead atoms. The van der Waals surface area contributed by atoms with Gasteiger partial charge in [-0.15, -0.1) is 0 Å². The van der Waals surface area contributed by atoms with Crippen LogP contribution in [0, 0.1) is 23.2 Å².